The van der Waals surface area contributed by atoms with Gasteiger partial charge in [0.2, 0.25) is 0 Å². The van der Waals surface area contributed by atoms with Gasteiger partial charge in [-0.15, -0.1) is 0 Å². The number of rotatable bonds is 0. The standard InChI is InChI=1S/C10H15BrO/c1-9(2)6-4-5-10(9,3)8(12)7(6)11/h6-7H,4-5H2,1-3H3/t6-,7+,10-/m0/s1. The third-order valence-electron chi connectivity index (χ3n) is 4.45. The summed E-state index contributed by atoms with van der Waals surface area (Å²) in [6.07, 6.45) is 2.30. The lowest BCUT2D eigenvalue weighted by Gasteiger charge is -2.32. The Morgan fingerprint density at radius 2 is 2.00 bits per heavy atom. The molecule has 2 bridgehead atoms. The molecule has 0 aliphatic heterocycles. The maximum atomic E-state index is 11.9. The van der Waals surface area contributed by atoms with Crippen molar-refractivity contribution >= 4 is 21.7 Å². The second-order valence-corrected chi connectivity index (χ2v) is 5.95. The summed E-state index contributed by atoms with van der Waals surface area (Å²) >= 11 is 3.52. The van der Waals surface area contributed by atoms with Crippen LogP contribution in [-0.2, 0) is 4.79 Å². The molecule has 2 aliphatic rings. The topological polar surface area (TPSA) is 17.1 Å². The van der Waals surface area contributed by atoms with Crippen LogP contribution in [0.1, 0.15) is 33.6 Å². The van der Waals surface area contributed by atoms with E-state index in [1.807, 2.05) is 0 Å². The molecule has 1 nitrogen and oxygen atoms in total. The number of carbonyl (C=O) groups is 1. The van der Waals surface area contributed by atoms with Crippen molar-refractivity contribution in [1.29, 1.82) is 0 Å². The molecule has 3 atom stereocenters. The van der Waals surface area contributed by atoms with Crippen molar-refractivity contribution in [2.45, 2.75) is 38.4 Å². The molecule has 2 fully saturated rings. The first kappa shape index (κ1) is 8.74. The van der Waals surface area contributed by atoms with E-state index < -0.39 is 0 Å². The Labute approximate surface area is 82.0 Å². The van der Waals surface area contributed by atoms with E-state index in [1.54, 1.807) is 0 Å². The summed E-state index contributed by atoms with van der Waals surface area (Å²) in [4.78, 5) is 12.0. The largest absolute Gasteiger partial charge is 0.298 e. The molecule has 0 radical (unpaired) electrons. The third kappa shape index (κ3) is 0.688. The molecule has 0 spiro atoms. The van der Waals surface area contributed by atoms with Gasteiger partial charge in [-0.05, 0) is 24.2 Å². The molecule has 2 aliphatic carbocycles. The zero-order valence-corrected chi connectivity index (χ0v) is 9.44. The molecule has 0 amide bonds. The monoisotopic (exact) mass is 230 g/mol. The SMILES string of the molecule is CC1(C)[C@H]2CC[C@@]1(C)C(=O)[C@@H]2Br. The second kappa shape index (κ2) is 2.14. The normalized spacial score (nSPS) is 50.2. The first-order valence-corrected chi connectivity index (χ1v) is 5.51. The van der Waals surface area contributed by atoms with Crippen LogP contribution in [0.5, 0.6) is 0 Å². The fourth-order valence-electron chi connectivity index (χ4n) is 2.98. The van der Waals surface area contributed by atoms with Gasteiger partial charge >= 0.3 is 0 Å². The summed E-state index contributed by atoms with van der Waals surface area (Å²) in [6.45, 7) is 6.62. The molecule has 0 saturated heterocycles. The van der Waals surface area contributed by atoms with Crippen LogP contribution in [0.3, 0.4) is 0 Å². The Morgan fingerprint density at radius 3 is 2.25 bits per heavy atom. The molecular formula is C10H15BrO. The molecule has 0 aromatic heterocycles. The van der Waals surface area contributed by atoms with Crippen molar-refractivity contribution in [2.75, 3.05) is 0 Å². The van der Waals surface area contributed by atoms with Crippen molar-refractivity contribution < 1.29 is 4.79 Å². The van der Waals surface area contributed by atoms with Gasteiger partial charge in [-0.2, -0.15) is 0 Å². The summed E-state index contributed by atoms with van der Waals surface area (Å²) in [5.41, 5.74) is 0.157. The van der Waals surface area contributed by atoms with Crippen molar-refractivity contribution in [2.24, 2.45) is 16.7 Å². The van der Waals surface area contributed by atoms with Gasteiger partial charge in [-0.25, -0.2) is 0 Å². The molecule has 2 saturated carbocycles. The Bertz CT molecular complexity index is 246. The molecule has 0 unspecified atom stereocenters. The number of alkyl halides is 1. The lowest BCUT2D eigenvalue weighted by molar-refractivity contribution is -0.127. The Morgan fingerprint density at radius 1 is 1.42 bits per heavy atom. The van der Waals surface area contributed by atoms with Gasteiger partial charge in [0.25, 0.3) is 0 Å². The van der Waals surface area contributed by atoms with E-state index in [-0.39, 0.29) is 15.7 Å². The van der Waals surface area contributed by atoms with Gasteiger partial charge in [-0.3, -0.25) is 4.79 Å². The summed E-state index contributed by atoms with van der Waals surface area (Å²) in [6, 6.07) is 0. The smallest absolute Gasteiger partial charge is 0.153 e. The highest BCUT2D eigenvalue weighted by Gasteiger charge is 2.65. The van der Waals surface area contributed by atoms with Crippen LogP contribution in [0.4, 0.5) is 0 Å². The molecule has 68 valence electrons. The molecule has 2 rings (SSSR count). The minimum atomic E-state index is -0.0498. The fourth-order valence-corrected chi connectivity index (χ4v) is 4.41. The summed E-state index contributed by atoms with van der Waals surface area (Å²) in [5.74, 6) is 0.999. The minimum Gasteiger partial charge on any atom is -0.298 e. The summed E-state index contributed by atoms with van der Waals surface area (Å²) < 4.78 is 0. The lowest BCUT2D eigenvalue weighted by atomic mass is 9.70. The molecule has 2 heteroatoms. The lowest BCUT2D eigenvalue weighted by Crippen LogP contribution is -2.33. The Balaban J connectivity index is 2.50. The van der Waals surface area contributed by atoms with Gasteiger partial charge in [-0.1, -0.05) is 36.7 Å². The van der Waals surface area contributed by atoms with Crippen LogP contribution in [0.2, 0.25) is 0 Å². The van der Waals surface area contributed by atoms with E-state index >= 15 is 0 Å². The number of carbonyl (C=O) groups excluding carboxylic acids is 1. The van der Waals surface area contributed by atoms with Crippen LogP contribution in [0.25, 0.3) is 0 Å². The van der Waals surface area contributed by atoms with E-state index in [1.165, 1.54) is 6.42 Å². The van der Waals surface area contributed by atoms with Crippen molar-refractivity contribution in [3.63, 3.8) is 0 Å². The maximum Gasteiger partial charge on any atom is 0.153 e. The van der Waals surface area contributed by atoms with Gasteiger partial charge < -0.3 is 0 Å². The van der Waals surface area contributed by atoms with Crippen molar-refractivity contribution in [3.05, 3.63) is 0 Å². The number of halogens is 1. The quantitative estimate of drug-likeness (QED) is 0.586. The van der Waals surface area contributed by atoms with E-state index in [2.05, 4.69) is 36.7 Å². The average Bonchev–Trinajstić information content (AvgIpc) is 2.26. The number of hydrogen-bond donors (Lipinski definition) is 0. The molecule has 0 heterocycles. The van der Waals surface area contributed by atoms with Gasteiger partial charge in [0.1, 0.15) is 0 Å². The van der Waals surface area contributed by atoms with E-state index in [0.29, 0.717) is 11.7 Å². The number of Topliss-reactive ketones (excluding diaryl/α,β-unsaturated/α-hetero) is 1. The van der Waals surface area contributed by atoms with Gasteiger partial charge in [0.15, 0.2) is 5.78 Å². The van der Waals surface area contributed by atoms with Crippen molar-refractivity contribution in [3.8, 4) is 0 Å². The van der Waals surface area contributed by atoms with Crippen LogP contribution < -0.4 is 0 Å². The van der Waals surface area contributed by atoms with Crippen LogP contribution in [0.15, 0.2) is 0 Å². The predicted molar refractivity (Wildman–Crippen MR) is 52.3 cm³/mol. The van der Waals surface area contributed by atoms with Gasteiger partial charge in [0, 0.05) is 5.41 Å². The molecule has 0 aromatic rings. The predicted octanol–water partition coefficient (Wildman–Crippen LogP) is 2.78. The van der Waals surface area contributed by atoms with E-state index in [0.717, 1.165) is 6.42 Å². The summed E-state index contributed by atoms with van der Waals surface area (Å²) in [5, 5.41) is 0. The van der Waals surface area contributed by atoms with Gasteiger partial charge in [0.05, 0.1) is 4.83 Å². The maximum absolute atomic E-state index is 11.9. The van der Waals surface area contributed by atoms with Crippen LogP contribution in [-0.4, -0.2) is 10.6 Å². The first-order valence-electron chi connectivity index (χ1n) is 4.59. The van der Waals surface area contributed by atoms with Crippen LogP contribution >= 0.6 is 15.9 Å². The zero-order chi connectivity index (χ0) is 9.15. The highest BCUT2D eigenvalue weighted by atomic mass is 79.9. The number of fused-ring (bicyclic) bond motifs is 2. The third-order valence-corrected chi connectivity index (χ3v) is 5.51. The molecular weight excluding hydrogens is 216 g/mol. The first-order chi connectivity index (χ1) is 5.41. The Hall–Kier alpha value is 0.150. The highest BCUT2D eigenvalue weighted by molar-refractivity contribution is 9.10. The van der Waals surface area contributed by atoms with Crippen LogP contribution in [0, 0.1) is 16.7 Å². The highest BCUT2D eigenvalue weighted by Crippen LogP contribution is 2.65. The summed E-state index contributed by atoms with van der Waals surface area (Å²) in [7, 11) is 0. The second-order valence-electron chi connectivity index (χ2n) is 4.96. The minimum absolute atomic E-state index is 0.0498. The van der Waals surface area contributed by atoms with E-state index in [4.69, 9.17) is 0 Å². The molecule has 0 aromatic carbocycles. The zero-order valence-electron chi connectivity index (χ0n) is 7.86. The number of ketones is 1. The number of hydrogen-bond acceptors (Lipinski definition) is 1. The fraction of sp³-hybridized carbons (Fsp3) is 0.900. The molecule has 12 heavy (non-hydrogen) atoms. The Kier molecular flexibility index (Phi) is 1.56. The van der Waals surface area contributed by atoms with Crippen molar-refractivity contribution in [1.82, 2.24) is 0 Å². The molecule has 0 N–H and O–H groups in total. The average molecular weight is 231 g/mol. The van der Waals surface area contributed by atoms with E-state index in [9.17, 15) is 4.79 Å².